The van der Waals surface area contributed by atoms with Crippen molar-refractivity contribution in [1.82, 2.24) is 0 Å². The van der Waals surface area contributed by atoms with Gasteiger partial charge in [0.1, 0.15) is 0 Å². The summed E-state index contributed by atoms with van der Waals surface area (Å²) in [5.74, 6) is 0. The summed E-state index contributed by atoms with van der Waals surface area (Å²) in [4.78, 5) is 0.211. The Morgan fingerprint density at radius 1 is 1.05 bits per heavy atom. The summed E-state index contributed by atoms with van der Waals surface area (Å²) >= 11 is 12.9. The second kappa shape index (κ2) is 5.91. The van der Waals surface area contributed by atoms with Crippen LogP contribution in [0.1, 0.15) is 21.5 Å². The SMILES string of the molecule is Cc1ccc(C(Br)c2csc3c(Br)cccc23)cc1Br. The number of hydrogen-bond acceptors (Lipinski definition) is 1. The van der Waals surface area contributed by atoms with Gasteiger partial charge in [-0.15, -0.1) is 11.3 Å². The van der Waals surface area contributed by atoms with Gasteiger partial charge in [-0.05, 0) is 62.4 Å². The molecule has 0 saturated heterocycles. The Morgan fingerprint density at radius 3 is 2.60 bits per heavy atom. The molecule has 0 bridgehead atoms. The average Bonchev–Trinajstić information content (AvgIpc) is 2.86. The van der Waals surface area contributed by atoms with Crippen LogP contribution in [0, 0.1) is 6.92 Å². The van der Waals surface area contributed by atoms with Gasteiger partial charge in [-0.2, -0.15) is 0 Å². The molecule has 1 aromatic heterocycles. The lowest BCUT2D eigenvalue weighted by molar-refractivity contribution is 1.19. The van der Waals surface area contributed by atoms with E-state index in [0.29, 0.717) is 0 Å². The third-order valence-electron chi connectivity index (χ3n) is 3.34. The van der Waals surface area contributed by atoms with Gasteiger partial charge >= 0.3 is 0 Å². The molecule has 0 aliphatic rings. The normalized spacial score (nSPS) is 12.8. The number of alkyl halides is 1. The molecule has 0 spiro atoms. The number of hydrogen-bond donors (Lipinski definition) is 0. The zero-order valence-electron chi connectivity index (χ0n) is 10.7. The zero-order valence-corrected chi connectivity index (χ0v) is 16.2. The summed E-state index contributed by atoms with van der Waals surface area (Å²) in [5.41, 5.74) is 3.84. The maximum Gasteiger partial charge on any atom is 0.0659 e. The van der Waals surface area contributed by atoms with Crippen LogP contribution in [-0.4, -0.2) is 0 Å². The first-order chi connectivity index (χ1) is 9.58. The van der Waals surface area contributed by atoms with Crippen molar-refractivity contribution < 1.29 is 0 Å². The number of aryl methyl sites for hydroxylation is 1. The highest BCUT2D eigenvalue weighted by molar-refractivity contribution is 9.11. The molecule has 3 rings (SSSR count). The molecule has 20 heavy (non-hydrogen) atoms. The molecule has 1 atom stereocenters. The minimum absolute atomic E-state index is 0.211. The van der Waals surface area contributed by atoms with Crippen LogP contribution in [0.4, 0.5) is 0 Å². The molecule has 0 amide bonds. The van der Waals surface area contributed by atoms with Crippen molar-refractivity contribution in [2.75, 3.05) is 0 Å². The van der Waals surface area contributed by atoms with E-state index in [0.717, 1.165) is 8.95 Å². The minimum Gasteiger partial charge on any atom is -0.142 e. The van der Waals surface area contributed by atoms with Crippen molar-refractivity contribution in [2.24, 2.45) is 0 Å². The molecule has 0 aliphatic carbocycles. The van der Waals surface area contributed by atoms with E-state index in [1.165, 1.54) is 26.8 Å². The van der Waals surface area contributed by atoms with Crippen molar-refractivity contribution in [1.29, 1.82) is 0 Å². The molecular weight excluding hydrogens is 464 g/mol. The van der Waals surface area contributed by atoms with E-state index in [1.807, 2.05) is 0 Å². The first-order valence-electron chi connectivity index (χ1n) is 6.13. The molecule has 0 aliphatic heterocycles. The molecule has 0 radical (unpaired) electrons. The van der Waals surface area contributed by atoms with E-state index in [4.69, 9.17) is 0 Å². The molecule has 0 nitrogen and oxygen atoms in total. The second-order valence-electron chi connectivity index (χ2n) is 4.68. The van der Waals surface area contributed by atoms with Crippen molar-refractivity contribution >= 4 is 69.2 Å². The summed E-state index contributed by atoms with van der Waals surface area (Å²) in [7, 11) is 0. The molecule has 1 unspecified atom stereocenters. The summed E-state index contributed by atoms with van der Waals surface area (Å²) in [6.07, 6.45) is 0. The van der Waals surface area contributed by atoms with Gasteiger partial charge in [0.15, 0.2) is 0 Å². The third kappa shape index (κ3) is 2.63. The molecule has 0 N–H and O–H groups in total. The predicted molar refractivity (Wildman–Crippen MR) is 99.2 cm³/mol. The second-order valence-corrected chi connectivity index (χ2v) is 8.18. The highest BCUT2D eigenvalue weighted by Gasteiger charge is 2.16. The highest BCUT2D eigenvalue weighted by Crippen LogP contribution is 2.41. The van der Waals surface area contributed by atoms with Gasteiger partial charge in [-0.3, -0.25) is 0 Å². The molecule has 2 aromatic carbocycles. The van der Waals surface area contributed by atoms with Crippen molar-refractivity contribution in [3.63, 3.8) is 0 Å². The Hall–Kier alpha value is -0.160. The van der Waals surface area contributed by atoms with Crippen molar-refractivity contribution in [3.05, 3.63) is 67.4 Å². The molecule has 0 fully saturated rings. The standard InChI is InChI=1S/C16H11Br3S/c1-9-5-6-10(7-14(9)18)15(19)12-8-20-16-11(12)3-2-4-13(16)17/h2-8,15H,1H3. The van der Waals surface area contributed by atoms with Gasteiger partial charge in [-0.25, -0.2) is 0 Å². The van der Waals surface area contributed by atoms with E-state index in [-0.39, 0.29) is 4.83 Å². The van der Waals surface area contributed by atoms with Crippen LogP contribution in [0.25, 0.3) is 10.1 Å². The Labute approximate surface area is 147 Å². The Kier molecular flexibility index (Phi) is 4.37. The first kappa shape index (κ1) is 14.8. The van der Waals surface area contributed by atoms with Crippen LogP contribution in [0.3, 0.4) is 0 Å². The quantitative estimate of drug-likeness (QED) is 0.344. The molecule has 4 heteroatoms. The van der Waals surface area contributed by atoms with Crippen LogP contribution < -0.4 is 0 Å². The van der Waals surface area contributed by atoms with Gasteiger partial charge in [-0.1, -0.05) is 56.1 Å². The van der Waals surface area contributed by atoms with Gasteiger partial charge < -0.3 is 0 Å². The fraction of sp³-hybridized carbons (Fsp3) is 0.125. The van der Waals surface area contributed by atoms with Crippen molar-refractivity contribution in [3.8, 4) is 0 Å². The number of rotatable bonds is 2. The zero-order chi connectivity index (χ0) is 14.3. The summed E-state index contributed by atoms with van der Waals surface area (Å²) in [6.45, 7) is 2.11. The maximum absolute atomic E-state index is 3.85. The lowest BCUT2D eigenvalue weighted by Gasteiger charge is -2.11. The van der Waals surface area contributed by atoms with E-state index in [9.17, 15) is 0 Å². The minimum atomic E-state index is 0.211. The summed E-state index contributed by atoms with van der Waals surface area (Å²) in [6, 6.07) is 12.9. The third-order valence-corrected chi connectivity index (χ3v) is 7.19. The van der Waals surface area contributed by atoms with Crippen LogP contribution in [0.2, 0.25) is 0 Å². The van der Waals surface area contributed by atoms with Gasteiger partial charge in [0.2, 0.25) is 0 Å². The van der Waals surface area contributed by atoms with Gasteiger partial charge in [0, 0.05) is 13.6 Å². The van der Waals surface area contributed by atoms with E-state index in [2.05, 4.69) is 96.5 Å². The number of halogens is 3. The maximum atomic E-state index is 3.85. The molecular formula is C16H11Br3S. The number of thiophene rings is 1. The molecule has 1 heterocycles. The van der Waals surface area contributed by atoms with Gasteiger partial charge in [0.25, 0.3) is 0 Å². The predicted octanol–water partition coefficient (Wildman–Crippen LogP) is 7.22. The van der Waals surface area contributed by atoms with Crippen LogP contribution in [0.5, 0.6) is 0 Å². The van der Waals surface area contributed by atoms with E-state index >= 15 is 0 Å². The lowest BCUT2D eigenvalue weighted by Crippen LogP contribution is -1.92. The monoisotopic (exact) mass is 472 g/mol. The Morgan fingerprint density at radius 2 is 1.85 bits per heavy atom. The van der Waals surface area contributed by atoms with E-state index in [1.54, 1.807) is 11.3 Å². The van der Waals surface area contributed by atoms with Crippen LogP contribution >= 0.6 is 59.1 Å². The Balaban J connectivity index is 2.10. The van der Waals surface area contributed by atoms with Gasteiger partial charge in [0.05, 0.1) is 4.83 Å². The Bertz CT molecular complexity index is 776. The first-order valence-corrected chi connectivity index (χ1v) is 9.52. The van der Waals surface area contributed by atoms with Crippen LogP contribution in [0.15, 0.2) is 50.7 Å². The molecule has 0 saturated carbocycles. The lowest BCUT2D eigenvalue weighted by atomic mass is 10.0. The smallest absolute Gasteiger partial charge is 0.0659 e. The fourth-order valence-corrected chi connectivity index (χ4v) is 5.07. The number of benzene rings is 2. The van der Waals surface area contributed by atoms with E-state index < -0.39 is 0 Å². The highest BCUT2D eigenvalue weighted by atomic mass is 79.9. The average molecular weight is 475 g/mol. The van der Waals surface area contributed by atoms with Crippen molar-refractivity contribution in [2.45, 2.75) is 11.8 Å². The summed E-state index contributed by atoms with van der Waals surface area (Å²) in [5, 5.41) is 3.55. The number of fused-ring (bicyclic) bond motifs is 1. The molecule has 102 valence electrons. The molecule has 3 aromatic rings. The van der Waals surface area contributed by atoms with Crippen LogP contribution in [-0.2, 0) is 0 Å². The summed E-state index contributed by atoms with van der Waals surface area (Å²) < 4.78 is 3.62. The topological polar surface area (TPSA) is 0 Å². The largest absolute Gasteiger partial charge is 0.142 e. The fourth-order valence-electron chi connectivity index (χ4n) is 2.18.